The lowest BCUT2D eigenvalue weighted by molar-refractivity contribution is 0.237. The molecule has 0 fully saturated rings. The van der Waals surface area contributed by atoms with Crippen LogP contribution in [0, 0.1) is 0 Å². The minimum atomic E-state index is -0.215. The Morgan fingerprint density at radius 3 is 2.74 bits per heavy atom. The van der Waals surface area contributed by atoms with Gasteiger partial charge in [0.1, 0.15) is 0 Å². The van der Waals surface area contributed by atoms with Crippen molar-refractivity contribution in [1.29, 1.82) is 0 Å². The molecular formula is C16H22N4O3. The Morgan fingerprint density at radius 2 is 2.09 bits per heavy atom. The Morgan fingerprint density at radius 1 is 1.30 bits per heavy atom. The molecule has 0 bridgehead atoms. The van der Waals surface area contributed by atoms with Crippen molar-refractivity contribution in [3.05, 3.63) is 42.5 Å². The van der Waals surface area contributed by atoms with Crippen LogP contribution in [0.15, 0.2) is 36.9 Å². The topological polar surface area (TPSA) is 77.4 Å². The van der Waals surface area contributed by atoms with E-state index >= 15 is 0 Å². The molecule has 0 aliphatic heterocycles. The van der Waals surface area contributed by atoms with Crippen LogP contribution in [0.4, 0.5) is 4.79 Å². The molecule has 0 saturated heterocycles. The fraction of sp³-hybridized carbons (Fsp3) is 0.375. The molecule has 0 saturated carbocycles. The molecule has 2 N–H and O–H groups in total. The highest BCUT2D eigenvalue weighted by Gasteiger charge is 2.12. The highest BCUT2D eigenvalue weighted by atomic mass is 16.5. The monoisotopic (exact) mass is 318 g/mol. The van der Waals surface area contributed by atoms with Crippen LogP contribution >= 0.6 is 0 Å². The fourth-order valence-electron chi connectivity index (χ4n) is 2.17. The second-order valence-corrected chi connectivity index (χ2v) is 5.04. The third kappa shape index (κ3) is 4.64. The number of urea groups is 1. The van der Waals surface area contributed by atoms with Gasteiger partial charge in [0.25, 0.3) is 0 Å². The van der Waals surface area contributed by atoms with E-state index in [1.807, 2.05) is 35.9 Å². The Labute approximate surface area is 135 Å². The fourth-order valence-corrected chi connectivity index (χ4v) is 2.17. The molecular weight excluding hydrogens is 296 g/mol. The summed E-state index contributed by atoms with van der Waals surface area (Å²) in [5, 5.41) is 5.71. The molecule has 7 nitrogen and oxygen atoms in total. The number of methoxy groups -OCH3 is 2. The molecule has 1 atom stereocenters. The summed E-state index contributed by atoms with van der Waals surface area (Å²) in [6.07, 6.45) is 5.27. The van der Waals surface area contributed by atoms with Crippen molar-refractivity contribution < 1.29 is 14.3 Å². The summed E-state index contributed by atoms with van der Waals surface area (Å²) in [7, 11) is 3.18. The lowest BCUT2D eigenvalue weighted by Crippen LogP contribution is -2.38. The molecule has 2 rings (SSSR count). The standard InChI is InChI=1S/C16H22N4O3/c1-12(13-4-5-14(22-2)15(10-13)23-3)19-16(21)18-7-9-20-8-6-17-11-20/h4-6,8,10-12H,7,9H2,1-3H3,(H2,18,19,21). The molecule has 2 amide bonds. The number of carbonyl (C=O) groups excluding carboxylic acids is 1. The first-order valence-electron chi connectivity index (χ1n) is 7.36. The molecule has 2 aromatic rings. The average Bonchev–Trinajstić information content (AvgIpc) is 3.07. The van der Waals surface area contributed by atoms with E-state index in [9.17, 15) is 4.79 Å². The van der Waals surface area contributed by atoms with E-state index in [0.717, 1.165) is 5.56 Å². The summed E-state index contributed by atoms with van der Waals surface area (Å²) < 4.78 is 12.4. The van der Waals surface area contributed by atoms with Gasteiger partial charge in [0.15, 0.2) is 11.5 Å². The Balaban J connectivity index is 1.85. The number of imidazole rings is 1. The second-order valence-electron chi connectivity index (χ2n) is 5.04. The smallest absolute Gasteiger partial charge is 0.315 e. The van der Waals surface area contributed by atoms with E-state index in [0.29, 0.717) is 24.6 Å². The number of amides is 2. The van der Waals surface area contributed by atoms with Crippen LogP contribution in [-0.4, -0.2) is 36.3 Å². The average molecular weight is 318 g/mol. The van der Waals surface area contributed by atoms with Crippen LogP contribution in [0.5, 0.6) is 11.5 Å². The number of carbonyl (C=O) groups is 1. The highest BCUT2D eigenvalue weighted by Crippen LogP contribution is 2.29. The zero-order valence-electron chi connectivity index (χ0n) is 13.6. The van der Waals surface area contributed by atoms with Crippen LogP contribution < -0.4 is 20.1 Å². The summed E-state index contributed by atoms with van der Waals surface area (Å²) in [5.41, 5.74) is 0.937. The van der Waals surface area contributed by atoms with Crippen molar-refractivity contribution in [2.75, 3.05) is 20.8 Å². The third-order valence-corrected chi connectivity index (χ3v) is 3.47. The van der Waals surface area contributed by atoms with Gasteiger partial charge in [0.05, 0.1) is 26.6 Å². The number of ether oxygens (including phenoxy) is 2. The molecule has 0 aliphatic carbocycles. The van der Waals surface area contributed by atoms with Gasteiger partial charge in [-0.2, -0.15) is 0 Å². The van der Waals surface area contributed by atoms with Crippen molar-refractivity contribution >= 4 is 6.03 Å². The molecule has 124 valence electrons. The van der Waals surface area contributed by atoms with E-state index in [1.54, 1.807) is 26.7 Å². The zero-order valence-corrected chi connectivity index (χ0v) is 13.6. The molecule has 1 aromatic carbocycles. The number of benzene rings is 1. The molecule has 1 aromatic heterocycles. The normalized spacial score (nSPS) is 11.6. The van der Waals surface area contributed by atoms with Gasteiger partial charge in [-0.1, -0.05) is 6.07 Å². The van der Waals surface area contributed by atoms with Gasteiger partial charge in [0.2, 0.25) is 0 Å². The first kappa shape index (κ1) is 16.7. The number of rotatable bonds is 7. The molecule has 23 heavy (non-hydrogen) atoms. The summed E-state index contributed by atoms with van der Waals surface area (Å²) in [5.74, 6) is 1.30. The van der Waals surface area contributed by atoms with Gasteiger partial charge in [0, 0.05) is 25.5 Å². The van der Waals surface area contributed by atoms with Crippen molar-refractivity contribution in [1.82, 2.24) is 20.2 Å². The zero-order chi connectivity index (χ0) is 16.7. The first-order valence-corrected chi connectivity index (χ1v) is 7.36. The molecule has 1 unspecified atom stereocenters. The van der Waals surface area contributed by atoms with Gasteiger partial charge in [-0.3, -0.25) is 0 Å². The maximum atomic E-state index is 11.9. The number of nitrogens with zero attached hydrogens (tertiary/aromatic N) is 2. The summed E-state index contributed by atoms with van der Waals surface area (Å²) in [6, 6.07) is 5.21. The highest BCUT2D eigenvalue weighted by molar-refractivity contribution is 5.74. The van der Waals surface area contributed by atoms with Gasteiger partial charge in [-0.25, -0.2) is 9.78 Å². The van der Waals surface area contributed by atoms with Crippen LogP contribution in [0.2, 0.25) is 0 Å². The maximum absolute atomic E-state index is 11.9. The van der Waals surface area contributed by atoms with Gasteiger partial charge < -0.3 is 24.7 Å². The van der Waals surface area contributed by atoms with Crippen molar-refractivity contribution in [2.24, 2.45) is 0 Å². The van der Waals surface area contributed by atoms with Gasteiger partial charge >= 0.3 is 6.03 Å². The molecule has 1 heterocycles. The van der Waals surface area contributed by atoms with Crippen molar-refractivity contribution in [3.63, 3.8) is 0 Å². The molecule has 0 radical (unpaired) electrons. The van der Waals surface area contributed by atoms with E-state index in [-0.39, 0.29) is 12.1 Å². The van der Waals surface area contributed by atoms with Gasteiger partial charge in [-0.15, -0.1) is 0 Å². The Kier molecular flexibility index (Phi) is 5.85. The van der Waals surface area contributed by atoms with Crippen LogP contribution in [0.3, 0.4) is 0 Å². The van der Waals surface area contributed by atoms with Crippen LogP contribution in [-0.2, 0) is 6.54 Å². The van der Waals surface area contributed by atoms with Crippen LogP contribution in [0.25, 0.3) is 0 Å². The quantitative estimate of drug-likeness (QED) is 0.818. The maximum Gasteiger partial charge on any atom is 0.315 e. The molecule has 0 spiro atoms. The number of aromatic nitrogens is 2. The predicted molar refractivity (Wildman–Crippen MR) is 86.7 cm³/mol. The lowest BCUT2D eigenvalue weighted by atomic mass is 10.1. The summed E-state index contributed by atoms with van der Waals surface area (Å²) in [4.78, 5) is 15.9. The largest absolute Gasteiger partial charge is 0.493 e. The SMILES string of the molecule is COc1ccc(C(C)NC(=O)NCCn2ccnc2)cc1OC. The predicted octanol–water partition coefficient (Wildman–Crippen LogP) is 1.96. The number of hydrogen-bond donors (Lipinski definition) is 2. The minimum Gasteiger partial charge on any atom is -0.493 e. The Bertz CT molecular complexity index is 628. The van der Waals surface area contributed by atoms with E-state index in [2.05, 4.69) is 15.6 Å². The molecule has 7 heteroatoms. The van der Waals surface area contributed by atoms with Gasteiger partial charge in [-0.05, 0) is 24.6 Å². The van der Waals surface area contributed by atoms with Crippen molar-refractivity contribution in [2.45, 2.75) is 19.5 Å². The number of nitrogens with one attached hydrogen (secondary N) is 2. The first-order chi connectivity index (χ1) is 11.1. The lowest BCUT2D eigenvalue weighted by Gasteiger charge is -2.17. The third-order valence-electron chi connectivity index (χ3n) is 3.47. The van der Waals surface area contributed by atoms with E-state index in [4.69, 9.17) is 9.47 Å². The molecule has 0 aliphatic rings. The van der Waals surface area contributed by atoms with Crippen LogP contribution in [0.1, 0.15) is 18.5 Å². The van der Waals surface area contributed by atoms with E-state index < -0.39 is 0 Å². The second kappa shape index (κ2) is 8.07. The van der Waals surface area contributed by atoms with E-state index in [1.165, 1.54) is 0 Å². The Hall–Kier alpha value is -2.70. The summed E-state index contributed by atoms with van der Waals surface area (Å²) in [6.45, 7) is 3.12. The minimum absolute atomic E-state index is 0.150. The van der Waals surface area contributed by atoms with Crippen molar-refractivity contribution in [3.8, 4) is 11.5 Å². The number of hydrogen-bond acceptors (Lipinski definition) is 4. The summed E-state index contributed by atoms with van der Waals surface area (Å²) >= 11 is 0.